The lowest BCUT2D eigenvalue weighted by Crippen LogP contribution is -1.97. The summed E-state index contributed by atoms with van der Waals surface area (Å²) >= 11 is 6.01. The summed E-state index contributed by atoms with van der Waals surface area (Å²) in [7, 11) is 0. The first-order valence-corrected chi connectivity index (χ1v) is 6.61. The highest BCUT2D eigenvalue weighted by Gasteiger charge is 2.05. The molecule has 21 heavy (non-hydrogen) atoms. The van der Waals surface area contributed by atoms with Gasteiger partial charge >= 0.3 is 0 Å². The highest BCUT2D eigenvalue weighted by Crippen LogP contribution is 2.25. The average Bonchev–Trinajstić information content (AvgIpc) is 2.52. The van der Waals surface area contributed by atoms with Gasteiger partial charge in [-0.05, 0) is 29.8 Å². The molecule has 3 rings (SSSR count). The number of hydrazone groups is 1. The number of nitrogens with zero attached hydrogens (tertiary/aromatic N) is 3. The Bertz CT molecular complexity index is 802. The van der Waals surface area contributed by atoms with Gasteiger partial charge in [0.25, 0.3) is 0 Å². The minimum atomic E-state index is 0.217. The van der Waals surface area contributed by atoms with Crippen LogP contribution < -0.4 is 5.43 Å². The van der Waals surface area contributed by atoms with E-state index in [0.29, 0.717) is 11.0 Å². The van der Waals surface area contributed by atoms with Gasteiger partial charge in [-0.2, -0.15) is 5.10 Å². The monoisotopic (exact) mass is 298 g/mol. The van der Waals surface area contributed by atoms with Crippen LogP contribution in [0.3, 0.4) is 0 Å². The number of benzene rings is 2. The molecule has 0 saturated heterocycles. The van der Waals surface area contributed by atoms with Crippen molar-refractivity contribution in [3.05, 3.63) is 59.2 Å². The average molecular weight is 299 g/mol. The molecule has 0 amide bonds. The zero-order chi connectivity index (χ0) is 14.7. The van der Waals surface area contributed by atoms with E-state index < -0.39 is 0 Å². The largest absolute Gasteiger partial charge is 0.508 e. The number of phenols is 1. The molecule has 0 radical (unpaired) electrons. The molecule has 3 aromatic rings. The van der Waals surface area contributed by atoms with Crippen molar-refractivity contribution in [2.24, 2.45) is 5.10 Å². The van der Waals surface area contributed by atoms with E-state index in [9.17, 15) is 5.11 Å². The number of phenolic OH excluding ortho intramolecular Hbond substituents is 1. The van der Waals surface area contributed by atoms with Gasteiger partial charge in [-0.25, -0.2) is 0 Å². The Morgan fingerprint density at radius 3 is 2.48 bits per heavy atom. The first-order valence-electron chi connectivity index (χ1n) is 6.23. The van der Waals surface area contributed by atoms with E-state index >= 15 is 0 Å². The number of rotatable bonds is 3. The molecule has 0 aliphatic rings. The molecule has 5 nitrogen and oxygen atoms in total. The quantitative estimate of drug-likeness (QED) is 0.574. The maximum atomic E-state index is 9.21. The van der Waals surface area contributed by atoms with E-state index in [-0.39, 0.29) is 5.75 Å². The summed E-state index contributed by atoms with van der Waals surface area (Å²) < 4.78 is 0. The predicted octanol–water partition coefficient (Wildman–Crippen LogP) is 3.43. The second kappa shape index (κ2) is 5.76. The van der Waals surface area contributed by atoms with Crippen molar-refractivity contribution in [1.82, 2.24) is 10.2 Å². The molecule has 0 unspecified atom stereocenters. The second-order valence-electron chi connectivity index (χ2n) is 4.35. The van der Waals surface area contributed by atoms with Gasteiger partial charge in [0.1, 0.15) is 5.75 Å². The maximum absolute atomic E-state index is 9.21. The zero-order valence-electron chi connectivity index (χ0n) is 10.9. The number of aromatic hydroxyl groups is 1. The summed E-state index contributed by atoms with van der Waals surface area (Å²) in [5.74, 6) is 0.750. The lowest BCUT2D eigenvalue weighted by molar-refractivity contribution is 0.475. The lowest BCUT2D eigenvalue weighted by atomic mass is 10.2. The van der Waals surface area contributed by atoms with Gasteiger partial charge in [0, 0.05) is 10.8 Å². The fraction of sp³-hybridized carbons (Fsp3) is 0. The molecule has 0 atom stereocenters. The van der Waals surface area contributed by atoms with E-state index in [0.717, 1.165) is 16.3 Å². The van der Waals surface area contributed by atoms with Gasteiger partial charge in [0.2, 0.25) is 0 Å². The molecule has 1 heterocycles. The van der Waals surface area contributed by atoms with Gasteiger partial charge in [-0.1, -0.05) is 35.9 Å². The number of nitrogens with one attached hydrogen (secondary N) is 1. The number of halogens is 1. The standard InChI is InChI=1S/C15H11ClN4O/c16-14-12-3-1-2-4-13(12)15(20-18-14)19-17-9-10-5-7-11(21)8-6-10/h1-9,21H,(H,19,20)/b17-9+. The molecule has 0 saturated carbocycles. The fourth-order valence-corrected chi connectivity index (χ4v) is 2.08. The summed E-state index contributed by atoms with van der Waals surface area (Å²) in [6.07, 6.45) is 1.63. The minimum Gasteiger partial charge on any atom is -0.508 e. The van der Waals surface area contributed by atoms with Crippen molar-refractivity contribution < 1.29 is 5.11 Å². The molecule has 0 aliphatic heterocycles. The number of aromatic nitrogens is 2. The SMILES string of the molecule is Oc1ccc(/C=N/Nc2nnc(Cl)c3ccccc23)cc1. The van der Waals surface area contributed by atoms with Crippen LogP contribution in [0.2, 0.25) is 5.15 Å². The number of hydrogen-bond acceptors (Lipinski definition) is 5. The van der Waals surface area contributed by atoms with Gasteiger partial charge in [0.05, 0.1) is 6.21 Å². The molecular weight excluding hydrogens is 288 g/mol. The van der Waals surface area contributed by atoms with Crippen LogP contribution >= 0.6 is 11.6 Å². The third-order valence-corrected chi connectivity index (χ3v) is 3.20. The van der Waals surface area contributed by atoms with Crippen LogP contribution in [0.1, 0.15) is 5.56 Å². The molecule has 0 bridgehead atoms. The van der Waals surface area contributed by atoms with E-state index in [4.69, 9.17) is 11.6 Å². The van der Waals surface area contributed by atoms with Gasteiger partial charge in [-0.15, -0.1) is 10.2 Å². The Morgan fingerprint density at radius 1 is 1.00 bits per heavy atom. The highest BCUT2D eigenvalue weighted by atomic mass is 35.5. The number of hydrogen-bond donors (Lipinski definition) is 2. The van der Waals surface area contributed by atoms with Crippen molar-refractivity contribution in [1.29, 1.82) is 0 Å². The molecule has 2 N–H and O–H groups in total. The Balaban J connectivity index is 1.85. The summed E-state index contributed by atoms with van der Waals surface area (Å²) in [6, 6.07) is 14.3. The van der Waals surface area contributed by atoms with Gasteiger partial charge in [0.15, 0.2) is 11.0 Å². The number of anilines is 1. The Kier molecular flexibility index (Phi) is 3.66. The molecule has 0 fully saturated rings. The molecule has 1 aromatic heterocycles. The summed E-state index contributed by atoms with van der Waals surface area (Å²) in [5.41, 5.74) is 3.71. The van der Waals surface area contributed by atoms with Crippen LogP contribution in [-0.2, 0) is 0 Å². The smallest absolute Gasteiger partial charge is 0.176 e. The highest BCUT2D eigenvalue weighted by molar-refractivity contribution is 6.34. The van der Waals surface area contributed by atoms with Gasteiger partial charge < -0.3 is 5.11 Å². The van der Waals surface area contributed by atoms with Crippen LogP contribution in [0.5, 0.6) is 5.75 Å². The third-order valence-electron chi connectivity index (χ3n) is 2.92. The molecule has 104 valence electrons. The van der Waals surface area contributed by atoms with Crippen molar-refractivity contribution in [3.8, 4) is 5.75 Å². The van der Waals surface area contributed by atoms with E-state index in [1.54, 1.807) is 30.5 Å². The molecule has 2 aromatic carbocycles. The molecule has 0 aliphatic carbocycles. The van der Waals surface area contributed by atoms with Crippen LogP contribution in [0.15, 0.2) is 53.6 Å². The maximum Gasteiger partial charge on any atom is 0.176 e. The molecule has 0 spiro atoms. The lowest BCUT2D eigenvalue weighted by Gasteiger charge is -2.04. The number of fused-ring (bicyclic) bond motifs is 1. The second-order valence-corrected chi connectivity index (χ2v) is 4.70. The predicted molar refractivity (Wildman–Crippen MR) is 83.9 cm³/mol. The van der Waals surface area contributed by atoms with Crippen molar-refractivity contribution in [2.45, 2.75) is 0 Å². The Morgan fingerprint density at radius 2 is 1.71 bits per heavy atom. The van der Waals surface area contributed by atoms with Crippen LogP contribution in [0.4, 0.5) is 5.82 Å². The van der Waals surface area contributed by atoms with E-state index in [1.807, 2.05) is 24.3 Å². The summed E-state index contributed by atoms with van der Waals surface area (Å²) in [5, 5.41) is 23.3. The van der Waals surface area contributed by atoms with Crippen molar-refractivity contribution >= 4 is 34.4 Å². The Hall–Kier alpha value is -2.66. The van der Waals surface area contributed by atoms with E-state index in [1.165, 1.54) is 0 Å². The van der Waals surface area contributed by atoms with Crippen LogP contribution in [-0.4, -0.2) is 21.5 Å². The van der Waals surface area contributed by atoms with Crippen molar-refractivity contribution in [3.63, 3.8) is 0 Å². The third kappa shape index (κ3) is 2.93. The molecule has 6 heteroatoms. The fourth-order valence-electron chi connectivity index (χ4n) is 1.88. The summed E-state index contributed by atoms with van der Waals surface area (Å²) in [6.45, 7) is 0. The first-order chi connectivity index (χ1) is 10.2. The minimum absolute atomic E-state index is 0.217. The van der Waals surface area contributed by atoms with Crippen molar-refractivity contribution in [2.75, 3.05) is 5.43 Å². The first kappa shape index (κ1) is 13.3. The normalized spacial score (nSPS) is 11.1. The van der Waals surface area contributed by atoms with Gasteiger partial charge in [-0.3, -0.25) is 5.43 Å². The molecular formula is C15H11ClN4O. The van der Waals surface area contributed by atoms with Crippen LogP contribution in [0.25, 0.3) is 10.8 Å². The zero-order valence-corrected chi connectivity index (χ0v) is 11.6. The summed E-state index contributed by atoms with van der Waals surface area (Å²) in [4.78, 5) is 0. The van der Waals surface area contributed by atoms with Crippen LogP contribution in [0, 0.1) is 0 Å². The topological polar surface area (TPSA) is 70.4 Å². The Labute approximate surface area is 125 Å². The van der Waals surface area contributed by atoms with E-state index in [2.05, 4.69) is 20.7 Å².